The number of nitrogens with zero attached hydrogens (tertiary/aromatic N) is 2. The van der Waals surface area contributed by atoms with Gasteiger partial charge < -0.3 is 5.32 Å². The number of hydrogen-bond acceptors (Lipinski definition) is 3. The van der Waals surface area contributed by atoms with E-state index in [9.17, 15) is 0 Å². The van der Waals surface area contributed by atoms with Crippen molar-refractivity contribution < 1.29 is 0 Å². The molecular formula is C15H22N4. The van der Waals surface area contributed by atoms with Crippen LogP contribution in [0.25, 0.3) is 11.4 Å². The molecular weight excluding hydrogens is 236 g/mol. The molecule has 4 heteroatoms. The highest BCUT2D eigenvalue weighted by Gasteiger charge is 2.11. The molecule has 0 aliphatic carbocycles. The molecule has 1 aromatic heterocycles. The molecule has 0 saturated carbocycles. The molecule has 102 valence electrons. The molecule has 2 aromatic rings. The number of aromatic amines is 1. The normalized spacial score (nSPS) is 11.6. The third kappa shape index (κ3) is 3.81. The van der Waals surface area contributed by atoms with Gasteiger partial charge in [0.15, 0.2) is 5.82 Å². The van der Waals surface area contributed by atoms with Crippen molar-refractivity contribution >= 4 is 5.69 Å². The summed E-state index contributed by atoms with van der Waals surface area (Å²) in [5, 5.41) is 10.6. The lowest BCUT2D eigenvalue weighted by atomic mass is 9.92. The smallest absolute Gasteiger partial charge is 0.183 e. The first-order valence-corrected chi connectivity index (χ1v) is 6.68. The molecule has 0 amide bonds. The number of nitrogens with one attached hydrogen (secondary N) is 2. The van der Waals surface area contributed by atoms with E-state index in [1.54, 1.807) is 0 Å². The lowest BCUT2D eigenvalue weighted by Crippen LogP contribution is -2.13. The first-order valence-electron chi connectivity index (χ1n) is 6.68. The van der Waals surface area contributed by atoms with Crippen molar-refractivity contribution in [1.82, 2.24) is 15.2 Å². The highest BCUT2D eigenvalue weighted by molar-refractivity contribution is 5.73. The van der Waals surface area contributed by atoms with E-state index in [4.69, 9.17) is 0 Å². The molecule has 2 N–H and O–H groups in total. The Morgan fingerprint density at radius 3 is 2.58 bits per heavy atom. The van der Waals surface area contributed by atoms with Crippen LogP contribution >= 0.6 is 0 Å². The van der Waals surface area contributed by atoms with Crippen LogP contribution in [0.3, 0.4) is 0 Å². The summed E-state index contributed by atoms with van der Waals surface area (Å²) in [7, 11) is 0. The van der Waals surface area contributed by atoms with E-state index in [0.717, 1.165) is 35.9 Å². The van der Waals surface area contributed by atoms with Gasteiger partial charge in [0.2, 0.25) is 0 Å². The Morgan fingerprint density at radius 2 is 1.95 bits per heavy atom. The van der Waals surface area contributed by atoms with Crippen LogP contribution in [0.2, 0.25) is 0 Å². The summed E-state index contributed by atoms with van der Waals surface area (Å²) >= 11 is 0. The van der Waals surface area contributed by atoms with Crippen molar-refractivity contribution in [3.63, 3.8) is 0 Å². The molecule has 0 saturated heterocycles. The predicted molar refractivity (Wildman–Crippen MR) is 79.1 cm³/mol. The van der Waals surface area contributed by atoms with Gasteiger partial charge in [-0.3, -0.25) is 5.10 Å². The maximum Gasteiger partial charge on any atom is 0.183 e. The molecule has 0 atom stereocenters. The third-order valence-corrected chi connectivity index (χ3v) is 2.96. The van der Waals surface area contributed by atoms with Gasteiger partial charge in [0.25, 0.3) is 0 Å². The lowest BCUT2D eigenvalue weighted by molar-refractivity contribution is 0.390. The molecule has 0 radical (unpaired) electrons. The molecule has 0 bridgehead atoms. The average Bonchev–Trinajstić information content (AvgIpc) is 2.75. The summed E-state index contributed by atoms with van der Waals surface area (Å²) in [5.74, 6) is 1.58. The van der Waals surface area contributed by atoms with Crippen molar-refractivity contribution in [2.45, 2.75) is 34.1 Å². The van der Waals surface area contributed by atoms with E-state index in [0.29, 0.717) is 5.41 Å². The van der Waals surface area contributed by atoms with Crippen LogP contribution < -0.4 is 5.32 Å². The van der Waals surface area contributed by atoms with Crippen LogP contribution in [0.5, 0.6) is 0 Å². The number of rotatable bonds is 4. The number of benzene rings is 1. The summed E-state index contributed by atoms with van der Waals surface area (Å²) in [4.78, 5) is 4.39. The monoisotopic (exact) mass is 258 g/mol. The number of H-pyrrole nitrogens is 1. The van der Waals surface area contributed by atoms with E-state index in [1.165, 1.54) is 0 Å². The maximum absolute atomic E-state index is 4.39. The molecule has 1 aromatic carbocycles. The van der Waals surface area contributed by atoms with Gasteiger partial charge in [-0.25, -0.2) is 4.98 Å². The third-order valence-electron chi connectivity index (χ3n) is 2.96. The van der Waals surface area contributed by atoms with Crippen LogP contribution in [0.15, 0.2) is 24.3 Å². The summed E-state index contributed by atoms with van der Waals surface area (Å²) < 4.78 is 0. The molecule has 0 unspecified atom stereocenters. The zero-order valence-corrected chi connectivity index (χ0v) is 12.1. The maximum atomic E-state index is 4.39. The van der Waals surface area contributed by atoms with E-state index < -0.39 is 0 Å². The fraction of sp³-hybridized carbons (Fsp3) is 0.467. The van der Waals surface area contributed by atoms with Crippen molar-refractivity contribution in [2.75, 3.05) is 11.9 Å². The van der Waals surface area contributed by atoms with Gasteiger partial charge in [-0.1, -0.05) is 32.9 Å². The fourth-order valence-electron chi connectivity index (χ4n) is 1.87. The van der Waals surface area contributed by atoms with E-state index in [2.05, 4.69) is 47.3 Å². The minimum absolute atomic E-state index is 0.336. The van der Waals surface area contributed by atoms with Crippen LogP contribution in [0.1, 0.15) is 33.0 Å². The number of anilines is 1. The molecule has 0 aliphatic rings. The fourth-order valence-corrected chi connectivity index (χ4v) is 1.87. The van der Waals surface area contributed by atoms with Crippen molar-refractivity contribution in [3.8, 4) is 11.4 Å². The Balaban J connectivity index is 2.13. The van der Waals surface area contributed by atoms with Gasteiger partial charge in [-0.15, -0.1) is 0 Å². The van der Waals surface area contributed by atoms with Gasteiger partial charge >= 0.3 is 0 Å². The van der Waals surface area contributed by atoms with E-state index >= 15 is 0 Å². The molecule has 4 nitrogen and oxygen atoms in total. The largest absolute Gasteiger partial charge is 0.384 e. The second kappa shape index (κ2) is 5.43. The zero-order valence-electron chi connectivity index (χ0n) is 12.1. The first-order chi connectivity index (χ1) is 8.96. The van der Waals surface area contributed by atoms with Gasteiger partial charge in [0.1, 0.15) is 5.82 Å². The van der Waals surface area contributed by atoms with Crippen LogP contribution in [0, 0.1) is 12.3 Å². The molecule has 2 rings (SSSR count). The number of aromatic nitrogens is 3. The molecule has 0 spiro atoms. The van der Waals surface area contributed by atoms with Crippen molar-refractivity contribution in [2.24, 2.45) is 5.41 Å². The average molecular weight is 258 g/mol. The molecule has 0 fully saturated rings. The highest BCUT2D eigenvalue weighted by Crippen LogP contribution is 2.25. The number of para-hydroxylation sites is 1. The Kier molecular flexibility index (Phi) is 3.88. The lowest BCUT2D eigenvalue weighted by Gasteiger charge is -2.19. The molecule has 1 heterocycles. The van der Waals surface area contributed by atoms with Crippen molar-refractivity contribution in [3.05, 3.63) is 30.1 Å². The SMILES string of the molecule is Cc1nc(-c2ccccc2NCCC(C)(C)C)n[nH]1. The van der Waals surface area contributed by atoms with Crippen LogP contribution in [-0.4, -0.2) is 21.7 Å². The van der Waals surface area contributed by atoms with E-state index in [1.807, 2.05) is 25.1 Å². The summed E-state index contributed by atoms with van der Waals surface area (Å²) in [6, 6.07) is 8.16. The molecule has 19 heavy (non-hydrogen) atoms. The zero-order chi connectivity index (χ0) is 13.9. The number of hydrogen-bond donors (Lipinski definition) is 2. The second-order valence-corrected chi connectivity index (χ2v) is 6.03. The van der Waals surface area contributed by atoms with Gasteiger partial charge in [0.05, 0.1) is 0 Å². The topological polar surface area (TPSA) is 53.6 Å². The van der Waals surface area contributed by atoms with Gasteiger partial charge in [0, 0.05) is 17.8 Å². The Morgan fingerprint density at radius 1 is 1.21 bits per heavy atom. The van der Waals surface area contributed by atoms with Gasteiger partial charge in [-0.2, -0.15) is 5.10 Å². The first kappa shape index (κ1) is 13.6. The Hall–Kier alpha value is -1.84. The quantitative estimate of drug-likeness (QED) is 0.880. The standard InChI is InChI=1S/C15H22N4/c1-11-17-14(19-18-11)12-7-5-6-8-13(12)16-10-9-15(2,3)4/h5-8,16H,9-10H2,1-4H3,(H,17,18,19). The number of aryl methyl sites for hydroxylation is 1. The highest BCUT2D eigenvalue weighted by atomic mass is 15.2. The summed E-state index contributed by atoms with van der Waals surface area (Å²) in [6.45, 7) is 9.60. The molecule has 0 aliphatic heterocycles. The second-order valence-electron chi connectivity index (χ2n) is 6.03. The van der Waals surface area contributed by atoms with Crippen LogP contribution in [-0.2, 0) is 0 Å². The van der Waals surface area contributed by atoms with Gasteiger partial charge in [-0.05, 0) is 30.9 Å². The Bertz CT molecular complexity index is 537. The van der Waals surface area contributed by atoms with Crippen molar-refractivity contribution in [1.29, 1.82) is 0 Å². The van der Waals surface area contributed by atoms with E-state index in [-0.39, 0.29) is 0 Å². The minimum atomic E-state index is 0.336. The van der Waals surface area contributed by atoms with Crippen LogP contribution in [0.4, 0.5) is 5.69 Å². The Labute approximate surface area is 114 Å². The minimum Gasteiger partial charge on any atom is -0.384 e. The summed E-state index contributed by atoms with van der Waals surface area (Å²) in [5.41, 5.74) is 2.47. The summed E-state index contributed by atoms with van der Waals surface area (Å²) in [6.07, 6.45) is 1.12. The predicted octanol–water partition coefficient (Wildman–Crippen LogP) is 3.63.